The number of halogens is 1. The summed E-state index contributed by atoms with van der Waals surface area (Å²) in [5, 5.41) is 5.03. The van der Waals surface area contributed by atoms with E-state index in [2.05, 4.69) is 23.3 Å². The Balaban J connectivity index is 2.03. The normalized spacial score (nSPS) is 16.5. The smallest absolute Gasteiger partial charge is 0.272 e. The molecule has 110 valence electrons. The van der Waals surface area contributed by atoms with Crippen molar-refractivity contribution in [1.82, 2.24) is 4.98 Å². The Kier molecular flexibility index (Phi) is 2.98. The maximum absolute atomic E-state index is 12.1. The molecule has 0 bridgehead atoms. The third-order valence-corrected chi connectivity index (χ3v) is 4.65. The Morgan fingerprint density at radius 2 is 2.00 bits per heavy atom. The molecular formula is C18H15ClN2O. The zero-order valence-electron chi connectivity index (χ0n) is 12.1. The molecule has 1 aliphatic rings. The van der Waals surface area contributed by atoms with E-state index in [1.54, 1.807) is 0 Å². The van der Waals surface area contributed by atoms with E-state index in [1.807, 2.05) is 36.4 Å². The molecule has 0 fully saturated rings. The monoisotopic (exact) mass is 310 g/mol. The molecule has 0 spiro atoms. The van der Waals surface area contributed by atoms with Crippen LogP contribution in [0.2, 0.25) is 5.02 Å². The van der Waals surface area contributed by atoms with Gasteiger partial charge in [-0.1, -0.05) is 42.8 Å². The van der Waals surface area contributed by atoms with Crippen LogP contribution in [0.5, 0.6) is 0 Å². The fourth-order valence-electron chi connectivity index (χ4n) is 3.23. The first-order chi connectivity index (χ1) is 10.6. The van der Waals surface area contributed by atoms with Crippen molar-refractivity contribution in [3.63, 3.8) is 0 Å². The first-order valence-electron chi connectivity index (χ1n) is 7.34. The predicted octanol–water partition coefficient (Wildman–Crippen LogP) is 4.38. The van der Waals surface area contributed by atoms with Gasteiger partial charge >= 0.3 is 0 Å². The topological polar surface area (TPSA) is 44.9 Å². The predicted molar refractivity (Wildman–Crippen MR) is 91.9 cm³/mol. The molecule has 3 aromatic rings. The van der Waals surface area contributed by atoms with E-state index in [0.29, 0.717) is 11.6 Å². The molecule has 22 heavy (non-hydrogen) atoms. The fraction of sp³-hybridized carbons (Fsp3) is 0.167. The van der Waals surface area contributed by atoms with Crippen LogP contribution < -0.4 is 10.9 Å². The molecule has 4 rings (SSSR count). The average Bonchev–Trinajstić information content (AvgIpc) is 2.91. The molecule has 1 unspecified atom stereocenters. The number of hydrogen-bond acceptors (Lipinski definition) is 2. The lowest BCUT2D eigenvalue weighted by molar-refractivity contribution is 0.860. The molecule has 4 heteroatoms. The second-order valence-electron chi connectivity index (χ2n) is 5.76. The lowest BCUT2D eigenvalue weighted by Gasteiger charge is -2.11. The van der Waals surface area contributed by atoms with Crippen LogP contribution in [0, 0.1) is 0 Å². The van der Waals surface area contributed by atoms with Crippen molar-refractivity contribution in [1.29, 1.82) is 0 Å². The first-order valence-corrected chi connectivity index (χ1v) is 7.71. The molecule has 3 nitrogen and oxygen atoms in total. The average molecular weight is 311 g/mol. The van der Waals surface area contributed by atoms with Crippen molar-refractivity contribution < 1.29 is 0 Å². The van der Waals surface area contributed by atoms with Gasteiger partial charge in [0.2, 0.25) is 0 Å². The van der Waals surface area contributed by atoms with Crippen molar-refractivity contribution in [3.8, 4) is 11.1 Å². The third-order valence-electron chi connectivity index (χ3n) is 4.32. The molecule has 2 aromatic carbocycles. The zero-order chi connectivity index (χ0) is 15.3. The summed E-state index contributed by atoms with van der Waals surface area (Å²) in [6, 6.07) is 13.9. The highest BCUT2D eigenvalue weighted by Crippen LogP contribution is 2.36. The lowest BCUT2D eigenvalue weighted by Crippen LogP contribution is -2.11. The molecule has 0 saturated carbocycles. The van der Waals surface area contributed by atoms with Crippen molar-refractivity contribution in [3.05, 3.63) is 63.4 Å². The minimum Gasteiger partial charge on any atom is -0.380 e. The van der Waals surface area contributed by atoms with E-state index in [1.165, 1.54) is 0 Å². The number of H-pyrrole nitrogens is 1. The van der Waals surface area contributed by atoms with Crippen molar-refractivity contribution in [2.24, 2.45) is 0 Å². The highest BCUT2D eigenvalue weighted by Gasteiger charge is 2.24. The van der Waals surface area contributed by atoms with Gasteiger partial charge in [-0.3, -0.25) is 4.79 Å². The summed E-state index contributed by atoms with van der Waals surface area (Å²) in [5.74, 6) is 0.321. The zero-order valence-corrected chi connectivity index (χ0v) is 12.9. The largest absolute Gasteiger partial charge is 0.380 e. The fourth-order valence-corrected chi connectivity index (χ4v) is 3.47. The number of aromatic nitrogens is 1. The van der Waals surface area contributed by atoms with Crippen LogP contribution in [0.25, 0.3) is 22.0 Å². The van der Waals surface area contributed by atoms with Crippen LogP contribution in [0.1, 0.15) is 18.4 Å². The van der Waals surface area contributed by atoms with E-state index >= 15 is 0 Å². The number of aromatic amines is 1. The van der Waals surface area contributed by atoms with Crippen molar-refractivity contribution in [2.75, 3.05) is 11.9 Å². The molecule has 2 heterocycles. The molecule has 1 aliphatic heterocycles. The first kappa shape index (κ1) is 13.4. The van der Waals surface area contributed by atoms with Crippen LogP contribution in [0.3, 0.4) is 0 Å². The summed E-state index contributed by atoms with van der Waals surface area (Å²) in [5.41, 5.74) is 4.70. The summed E-state index contributed by atoms with van der Waals surface area (Å²) < 4.78 is 0. The Labute approximate surface area is 132 Å². The Morgan fingerprint density at radius 3 is 2.82 bits per heavy atom. The lowest BCUT2D eigenvalue weighted by atomic mass is 9.96. The quantitative estimate of drug-likeness (QED) is 0.700. The Bertz CT molecular complexity index is 945. The molecular weight excluding hydrogens is 296 g/mol. The SMILES string of the molecule is CC1CNc2c1c1cc(-c3ccccc3Cl)ccc1[nH]c2=O. The summed E-state index contributed by atoms with van der Waals surface area (Å²) >= 11 is 6.31. The van der Waals surface area contributed by atoms with Gasteiger partial charge in [-0.25, -0.2) is 0 Å². The van der Waals surface area contributed by atoms with Crippen LogP contribution >= 0.6 is 11.6 Å². The number of fused-ring (bicyclic) bond motifs is 3. The number of hydrogen-bond donors (Lipinski definition) is 2. The van der Waals surface area contributed by atoms with Crippen LogP contribution in [-0.4, -0.2) is 11.5 Å². The number of nitrogens with one attached hydrogen (secondary N) is 2. The number of rotatable bonds is 1. The number of benzene rings is 2. The highest BCUT2D eigenvalue weighted by molar-refractivity contribution is 6.33. The molecule has 0 radical (unpaired) electrons. The van der Waals surface area contributed by atoms with Gasteiger partial charge in [0.1, 0.15) is 5.69 Å². The highest BCUT2D eigenvalue weighted by atomic mass is 35.5. The van der Waals surface area contributed by atoms with Crippen LogP contribution in [0.4, 0.5) is 5.69 Å². The molecule has 0 amide bonds. The van der Waals surface area contributed by atoms with Gasteiger partial charge in [0.25, 0.3) is 5.56 Å². The molecule has 2 N–H and O–H groups in total. The maximum Gasteiger partial charge on any atom is 0.272 e. The van der Waals surface area contributed by atoms with Gasteiger partial charge in [-0.2, -0.15) is 0 Å². The van der Waals surface area contributed by atoms with Crippen LogP contribution in [0.15, 0.2) is 47.3 Å². The molecule has 0 saturated heterocycles. The summed E-state index contributed by atoms with van der Waals surface area (Å²) in [6.45, 7) is 2.94. The third kappa shape index (κ3) is 1.93. The number of pyridine rings is 1. The van der Waals surface area contributed by atoms with E-state index < -0.39 is 0 Å². The summed E-state index contributed by atoms with van der Waals surface area (Å²) in [7, 11) is 0. The molecule has 0 aliphatic carbocycles. The molecule has 1 aromatic heterocycles. The van der Waals surface area contributed by atoms with Crippen molar-refractivity contribution in [2.45, 2.75) is 12.8 Å². The Morgan fingerprint density at radius 1 is 1.18 bits per heavy atom. The van der Waals surface area contributed by atoms with Gasteiger partial charge in [0, 0.05) is 34.0 Å². The summed E-state index contributed by atoms with van der Waals surface area (Å²) in [6.07, 6.45) is 0. The molecule has 1 atom stereocenters. The standard InChI is InChI=1S/C18H15ClN2O/c1-10-9-20-17-16(10)13-8-11(6-7-15(13)21-18(17)22)12-4-2-3-5-14(12)19/h2-8,10,20H,9H2,1H3,(H,21,22). The van der Waals surface area contributed by atoms with Gasteiger partial charge in [0.05, 0.1) is 0 Å². The Hall–Kier alpha value is -2.26. The van der Waals surface area contributed by atoms with E-state index in [0.717, 1.165) is 39.2 Å². The van der Waals surface area contributed by atoms with E-state index in [9.17, 15) is 4.79 Å². The van der Waals surface area contributed by atoms with E-state index in [-0.39, 0.29) is 5.56 Å². The maximum atomic E-state index is 12.1. The van der Waals surface area contributed by atoms with Gasteiger partial charge < -0.3 is 10.3 Å². The number of anilines is 1. The summed E-state index contributed by atoms with van der Waals surface area (Å²) in [4.78, 5) is 15.1. The van der Waals surface area contributed by atoms with Gasteiger partial charge in [-0.15, -0.1) is 0 Å². The second kappa shape index (κ2) is 4.89. The minimum atomic E-state index is -0.0441. The second-order valence-corrected chi connectivity index (χ2v) is 6.17. The minimum absolute atomic E-state index is 0.0441. The van der Waals surface area contributed by atoms with Gasteiger partial charge in [0.15, 0.2) is 0 Å². The van der Waals surface area contributed by atoms with Crippen LogP contribution in [-0.2, 0) is 0 Å². The van der Waals surface area contributed by atoms with E-state index in [4.69, 9.17) is 11.6 Å². The van der Waals surface area contributed by atoms with Gasteiger partial charge in [-0.05, 0) is 29.3 Å². The van der Waals surface area contributed by atoms with Crippen molar-refractivity contribution >= 4 is 28.2 Å².